The molecule has 0 fully saturated rings. The zero-order valence-electron chi connectivity index (χ0n) is 7.55. The first-order valence-electron chi connectivity index (χ1n) is 3.52. The summed E-state index contributed by atoms with van der Waals surface area (Å²) < 4.78 is 4.72. The van der Waals surface area contributed by atoms with E-state index in [4.69, 9.17) is 10.5 Å². The van der Waals surface area contributed by atoms with Gasteiger partial charge in [-0.1, -0.05) is 27.0 Å². The van der Waals surface area contributed by atoms with Gasteiger partial charge in [-0.2, -0.15) is 0 Å². The molecule has 0 aliphatic heterocycles. The van der Waals surface area contributed by atoms with Crippen LogP contribution in [0, 0.1) is 0 Å². The van der Waals surface area contributed by atoms with Crippen molar-refractivity contribution in [2.75, 3.05) is 7.11 Å². The molecule has 2 nitrogen and oxygen atoms in total. The SMILES string of the molecule is C=C(N)/C=C\C(=C)OC.CC. The van der Waals surface area contributed by atoms with Crippen molar-refractivity contribution in [1.82, 2.24) is 0 Å². The van der Waals surface area contributed by atoms with Gasteiger partial charge in [0.05, 0.1) is 7.11 Å². The minimum absolute atomic E-state index is 0.494. The van der Waals surface area contributed by atoms with Crippen LogP contribution in [0.3, 0.4) is 0 Å². The van der Waals surface area contributed by atoms with E-state index in [1.54, 1.807) is 19.3 Å². The smallest absolute Gasteiger partial charge is 0.111 e. The van der Waals surface area contributed by atoms with Crippen molar-refractivity contribution in [2.24, 2.45) is 5.73 Å². The maximum absolute atomic E-state index is 5.22. The fourth-order valence-electron chi connectivity index (χ4n) is 0.268. The molecule has 0 rings (SSSR count). The summed E-state index contributed by atoms with van der Waals surface area (Å²) >= 11 is 0. The molecule has 0 spiro atoms. The molecule has 0 aromatic heterocycles. The van der Waals surface area contributed by atoms with Gasteiger partial charge in [0.15, 0.2) is 0 Å². The van der Waals surface area contributed by atoms with E-state index in [1.807, 2.05) is 13.8 Å². The molecule has 0 atom stereocenters. The van der Waals surface area contributed by atoms with E-state index < -0.39 is 0 Å². The van der Waals surface area contributed by atoms with Crippen molar-refractivity contribution in [2.45, 2.75) is 13.8 Å². The van der Waals surface area contributed by atoms with Crippen molar-refractivity contribution in [1.29, 1.82) is 0 Å². The summed E-state index contributed by atoms with van der Waals surface area (Å²) in [6, 6.07) is 0. The van der Waals surface area contributed by atoms with Crippen molar-refractivity contribution < 1.29 is 4.74 Å². The molecule has 0 bridgehead atoms. The Kier molecular flexibility index (Phi) is 10.0. The molecule has 0 saturated carbocycles. The maximum atomic E-state index is 5.22. The average Bonchev–Trinajstić information content (AvgIpc) is 2.04. The van der Waals surface area contributed by atoms with Gasteiger partial charge in [0.2, 0.25) is 0 Å². The van der Waals surface area contributed by atoms with Gasteiger partial charge in [-0.15, -0.1) is 0 Å². The molecule has 11 heavy (non-hydrogen) atoms. The van der Waals surface area contributed by atoms with Gasteiger partial charge in [0.1, 0.15) is 5.76 Å². The zero-order chi connectivity index (χ0) is 9.28. The third kappa shape index (κ3) is 12.1. The van der Waals surface area contributed by atoms with E-state index in [0.717, 1.165) is 0 Å². The molecule has 0 radical (unpaired) electrons. The quantitative estimate of drug-likeness (QED) is 0.501. The Bertz CT molecular complexity index is 148. The molecule has 0 aromatic carbocycles. The van der Waals surface area contributed by atoms with E-state index in [2.05, 4.69) is 13.2 Å². The van der Waals surface area contributed by atoms with Gasteiger partial charge in [-0.3, -0.25) is 0 Å². The molecule has 0 aliphatic carbocycles. The summed E-state index contributed by atoms with van der Waals surface area (Å²) in [5.41, 5.74) is 5.71. The van der Waals surface area contributed by atoms with E-state index in [1.165, 1.54) is 0 Å². The second-order valence-corrected chi connectivity index (χ2v) is 1.58. The fourth-order valence-corrected chi connectivity index (χ4v) is 0.268. The normalized spacial score (nSPS) is 8.27. The van der Waals surface area contributed by atoms with E-state index in [0.29, 0.717) is 11.5 Å². The molecule has 0 aromatic rings. The Morgan fingerprint density at radius 1 is 1.27 bits per heavy atom. The van der Waals surface area contributed by atoms with Crippen molar-refractivity contribution in [3.8, 4) is 0 Å². The van der Waals surface area contributed by atoms with Crippen LogP contribution in [0.15, 0.2) is 36.8 Å². The Labute approximate surface area is 69.0 Å². The molecule has 2 heteroatoms. The van der Waals surface area contributed by atoms with Crippen LogP contribution in [0.5, 0.6) is 0 Å². The largest absolute Gasteiger partial charge is 0.497 e. The lowest BCUT2D eigenvalue weighted by Gasteiger charge is -1.94. The highest BCUT2D eigenvalue weighted by molar-refractivity contribution is 5.18. The van der Waals surface area contributed by atoms with Gasteiger partial charge in [0, 0.05) is 5.70 Å². The zero-order valence-corrected chi connectivity index (χ0v) is 7.55. The van der Waals surface area contributed by atoms with Crippen LogP contribution in [0.25, 0.3) is 0 Å². The number of allylic oxidation sites excluding steroid dienone is 2. The first-order valence-corrected chi connectivity index (χ1v) is 3.52. The predicted octanol–water partition coefficient (Wildman–Crippen LogP) is 2.20. The molecule has 0 amide bonds. The Morgan fingerprint density at radius 3 is 2.00 bits per heavy atom. The summed E-state index contributed by atoms with van der Waals surface area (Å²) in [7, 11) is 1.55. The molecular weight excluding hydrogens is 138 g/mol. The van der Waals surface area contributed by atoms with Crippen LogP contribution in [0.2, 0.25) is 0 Å². The van der Waals surface area contributed by atoms with Crippen LogP contribution in [0.1, 0.15) is 13.8 Å². The summed E-state index contributed by atoms with van der Waals surface area (Å²) in [6.45, 7) is 11.0. The predicted molar refractivity (Wildman–Crippen MR) is 50.0 cm³/mol. The topological polar surface area (TPSA) is 35.2 Å². The maximum Gasteiger partial charge on any atom is 0.111 e. The van der Waals surface area contributed by atoms with Crippen LogP contribution in [0.4, 0.5) is 0 Å². The molecule has 0 saturated heterocycles. The number of nitrogens with two attached hydrogens (primary N) is 1. The number of methoxy groups -OCH3 is 1. The fraction of sp³-hybridized carbons (Fsp3) is 0.333. The molecule has 0 unspecified atom stereocenters. The number of ether oxygens (including phenoxy) is 1. The first kappa shape index (κ1) is 12.5. The number of rotatable bonds is 3. The minimum atomic E-state index is 0.494. The van der Waals surface area contributed by atoms with Crippen LogP contribution >= 0.6 is 0 Å². The molecule has 64 valence electrons. The summed E-state index contributed by atoms with van der Waals surface area (Å²) in [5, 5.41) is 0. The minimum Gasteiger partial charge on any atom is -0.497 e. The van der Waals surface area contributed by atoms with Crippen molar-refractivity contribution in [3.63, 3.8) is 0 Å². The second-order valence-electron chi connectivity index (χ2n) is 1.58. The average molecular weight is 155 g/mol. The highest BCUT2D eigenvalue weighted by Crippen LogP contribution is 1.93. The number of hydrogen-bond acceptors (Lipinski definition) is 2. The molecule has 2 N–H and O–H groups in total. The van der Waals surface area contributed by atoms with Gasteiger partial charge in [0.25, 0.3) is 0 Å². The van der Waals surface area contributed by atoms with Gasteiger partial charge < -0.3 is 10.5 Å². The van der Waals surface area contributed by atoms with Crippen molar-refractivity contribution in [3.05, 3.63) is 36.8 Å². The highest BCUT2D eigenvalue weighted by Gasteiger charge is 1.79. The molecule has 0 aliphatic rings. The lowest BCUT2D eigenvalue weighted by molar-refractivity contribution is 0.309. The Hall–Kier alpha value is -1.18. The highest BCUT2D eigenvalue weighted by atomic mass is 16.5. The van der Waals surface area contributed by atoms with Crippen LogP contribution in [-0.2, 0) is 4.74 Å². The van der Waals surface area contributed by atoms with Crippen LogP contribution < -0.4 is 5.73 Å². The van der Waals surface area contributed by atoms with E-state index in [-0.39, 0.29) is 0 Å². The number of hydrogen-bond donors (Lipinski definition) is 1. The summed E-state index contributed by atoms with van der Waals surface area (Å²) in [6.07, 6.45) is 3.29. The molecule has 0 heterocycles. The van der Waals surface area contributed by atoms with E-state index >= 15 is 0 Å². The van der Waals surface area contributed by atoms with Gasteiger partial charge in [-0.05, 0) is 12.2 Å². The third-order valence-electron chi connectivity index (χ3n) is 0.745. The lowest BCUT2D eigenvalue weighted by Crippen LogP contribution is -1.89. The standard InChI is InChI=1S/C7H11NO.C2H6/c1-6(8)4-5-7(2)9-3;1-2/h4-5H,1-2,8H2,3H3;1-2H3/b5-4-;. The summed E-state index contributed by atoms with van der Waals surface area (Å²) in [5.74, 6) is 0.571. The van der Waals surface area contributed by atoms with E-state index in [9.17, 15) is 0 Å². The lowest BCUT2D eigenvalue weighted by atomic mass is 10.4. The van der Waals surface area contributed by atoms with Gasteiger partial charge >= 0.3 is 0 Å². The Balaban J connectivity index is 0. The summed E-state index contributed by atoms with van der Waals surface area (Å²) in [4.78, 5) is 0. The second kappa shape index (κ2) is 8.82. The van der Waals surface area contributed by atoms with Crippen molar-refractivity contribution >= 4 is 0 Å². The first-order chi connectivity index (χ1) is 5.16. The third-order valence-corrected chi connectivity index (χ3v) is 0.745. The Morgan fingerprint density at radius 2 is 1.73 bits per heavy atom. The monoisotopic (exact) mass is 155 g/mol. The van der Waals surface area contributed by atoms with Crippen LogP contribution in [-0.4, -0.2) is 7.11 Å². The molecular formula is C9H17NO. The van der Waals surface area contributed by atoms with Gasteiger partial charge in [-0.25, -0.2) is 0 Å².